The van der Waals surface area contributed by atoms with Crippen molar-refractivity contribution in [1.82, 2.24) is 4.90 Å². The fraction of sp³-hybridized carbons (Fsp3) is 0.833. The topological polar surface area (TPSA) is 20.3 Å². The fourth-order valence-electron chi connectivity index (χ4n) is 0.708. The van der Waals surface area contributed by atoms with E-state index in [1.165, 1.54) is 0 Å². The van der Waals surface area contributed by atoms with Gasteiger partial charge in [0.2, 0.25) is 0 Å². The van der Waals surface area contributed by atoms with Crippen molar-refractivity contribution in [2.75, 3.05) is 14.1 Å². The molecule has 0 radical (unpaired) electrons. The predicted molar refractivity (Wildman–Crippen MR) is 34.6 cm³/mol. The predicted octanol–water partition coefficient (Wildman–Crippen LogP) is 1.91. The van der Waals surface area contributed by atoms with Gasteiger partial charge in [0.25, 0.3) is 0 Å². The van der Waals surface area contributed by atoms with Gasteiger partial charge in [-0.1, -0.05) is 0 Å². The molecule has 15 heavy (non-hydrogen) atoms. The van der Waals surface area contributed by atoms with Crippen LogP contribution in [0.15, 0.2) is 0 Å². The first kappa shape index (κ1) is 14.1. The molecule has 0 aliphatic carbocycles. The van der Waals surface area contributed by atoms with E-state index in [0.29, 0.717) is 14.1 Å². The van der Waals surface area contributed by atoms with Crippen LogP contribution in [0.5, 0.6) is 0 Å². The Morgan fingerprint density at radius 3 is 1.40 bits per heavy atom. The van der Waals surface area contributed by atoms with E-state index in [9.17, 15) is 35.5 Å². The van der Waals surface area contributed by atoms with Gasteiger partial charge in [-0.25, -0.2) is 9.29 Å². The zero-order valence-electron chi connectivity index (χ0n) is 7.50. The third-order valence-corrected chi connectivity index (χ3v) is 1.64. The van der Waals surface area contributed by atoms with Crippen molar-refractivity contribution < 1.29 is 35.5 Å². The van der Waals surface area contributed by atoms with Gasteiger partial charge in [-0.3, -0.25) is 4.79 Å². The molecule has 1 unspecified atom stereocenters. The molecule has 0 amide bonds. The number of alkyl halides is 6. The van der Waals surface area contributed by atoms with Gasteiger partial charge in [-0.2, -0.15) is 26.3 Å². The molecule has 2 nitrogen and oxygen atoms in total. The zero-order valence-corrected chi connectivity index (χ0v) is 7.50. The summed E-state index contributed by atoms with van der Waals surface area (Å²) >= 11 is 0. The van der Waals surface area contributed by atoms with Crippen LogP contribution in [0.25, 0.3) is 0 Å². The summed E-state index contributed by atoms with van der Waals surface area (Å²) in [5.74, 6) is 0. The lowest BCUT2D eigenvalue weighted by Crippen LogP contribution is -2.64. The van der Waals surface area contributed by atoms with Crippen LogP contribution in [0, 0.1) is 0 Å². The summed E-state index contributed by atoms with van der Waals surface area (Å²) < 4.78 is 85.7. The molecule has 0 aliphatic heterocycles. The van der Waals surface area contributed by atoms with Crippen molar-refractivity contribution in [3.63, 3.8) is 0 Å². The number of hydrogen-bond donors (Lipinski definition) is 0. The first-order chi connectivity index (χ1) is 6.39. The minimum Gasteiger partial charge on any atom is -0.257 e. The van der Waals surface area contributed by atoms with Gasteiger partial charge in [-0.15, -0.1) is 0 Å². The van der Waals surface area contributed by atoms with Gasteiger partial charge in [0, 0.05) is 0 Å². The Bertz CT molecular complexity index is 261. The van der Waals surface area contributed by atoms with E-state index < -0.39 is 28.8 Å². The molecule has 0 rings (SSSR count). The first-order valence-electron chi connectivity index (χ1n) is 3.40. The van der Waals surface area contributed by atoms with Crippen LogP contribution in [-0.2, 0) is 4.79 Å². The summed E-state index contributed by atoms with van der Waals surface area (Å²) in [7, 11) is 0.756. The molecule has 0 aromatic carbocycles. The summed E-state index contributed by atoms with van der Waals surface area (Å²) in [6.07, 6.45) is -6.34. The van der Waals surface area contributed by atoms with Crippen LogP contribution in [-0.4, -0.2) is 42.9 Å². The smallest absolute Gasteiger partial charge is 0.257 e. The standard InChI is InChI=1S/C6H6F7NO/c1-14(2)6(12,13)4(8,3(7)15)5(9,10)11/h1-2H3. The van der Waals surface area contributed by atoms with Gasteiger partial charge in [0.05, 0.1) is 0 Å². The Balaban J connectivity index is 5.62. The Morgan fingerprint density at radius 1 is 1.00 bits per heavy atom. The third kappa shape index (κ3) is 1.92. The molecule has 0 heterocycles. The van der Waals surface area contributed by atoms with E-state index in [4.69, 9.17) is 0 Å². The highest BCUT2D eigenvalue weighted by Crippen LogP contribution is 2.47. The second-order valence-corrected chi connectivity index (χ2v) is 2.87. The lowest BCUT2D eigenvalue weighted by Gasteiger charge is -2.34. The molecule has 0 saturated heterocycles. The molecular weight excluding hydrogens is 235 g/mol. The maximum Gasteiger partial charge on any atom is 0.440 e. The maximum absolute atomic E-state index is 12.8. The first-order valence-corrected chi connectivity index (χ1v) is 3.40. The van der Waals surface area contributed by atoms with Crippen molar-refractivity contribution in [3.05, 3.63) is 0 Å². The molecule has 0 aliphatic rings. The van der Waals surface area contributed by atoms with Crippen LogP contribution in [0.1, 0.15) is 0 Å². The number of carbonyl (C=O) groups is 1. The van der Waals surface area contributed by atoms with Crippen LogP contribution in [0.2, 0.25) is 0 Å². The Kier molecular flexibility index (Phi) is 3.41. The molecule has 0 fully saturated rings. The molecule has 9 heteroatoms. The lowest BCUT2D eigenvalue weighted by atomic mass is 10.0. The number of halogens is 7. The van der Waals surface area contributed by atoms with Crippen molar-refractivity contribution in [2.45, 2.75) is 17.9 Å². The number of carbonyl (C=O) groups excluding carboxylic acids is 1. The van der Waals surface area contributed by atoms with Crippen LogP contribution in [0.3, 0.4) is 0 Å². The van der Waals surface area contributed by atoms with E-state index in [2.05, 4.69) is 0 Å². The van der Waals surface area contributed by atoms with E-state index in [0.717, 1.165) is 0 Å². The fourth-order valence-corrected chi connectivity index (χ4v) is 0.708. The van der Waals surface area contributed by atoms with Crippen molar-refractivity contribution in [2.24, 2.45) is 0 Å². The van der Waals surface area contributed by atoms with Gasteiger partial charge in [0.15, 0.2) is 0 Å². The summed E-state index contributed by atoms with van der Waals surface area (Å²) in [5, 5.41) is 0. The lowest BCUT2D eigenvalue weighted by molar-refractivity contribution is -0.323. The van der Waals surface area contributed by atoms with Crippen molar-refractivity contribution in [1.29, 1.82) is 0 Å². The van der Waals surface area contributed by atoms with E-state index in [-0.39, 0.29) is 0 Å². The third-order valence-electron chi connectivity index (χ3n) is 1.64. The van der Waals surface area contributed by atoms with E-state index >= 15 is 0 Å². The second-order valence-electron chi connectivity index (χ2n) is 2.87. The van der Waals surface area contributed by atoms with Gasteiger partial charge in [-0.05, 0) is 14.1 Å². The SMILES string of the molecule is CN(C)C(F)(F)C(F)(C(=O)F)C(F)(F)F. The molecule has 0 aromatic heterocycles. The summed E-state index contributed by atoms with van der Waals surface area (Å²) in [6.45, 7) is 0. The summed E-state index contributed by atoms with van der Waals surface area (Å²) in [5.41, 5.74) is -5.86. The number of rotatable bonds is 3. The van der Waals surface area contributed by atoms with Crippen LogP contribution in [0.4, 0.5) is 30.7 Å². The number of hydrogen-bond acceptors (Lipinski definition) is 2. The second kappa shape index (κ2) is 3.62. The highest BCUT2D eigenvalue weighted by molar-refractivity contribution is 5.80. The zero-order chi connectivity index (χ0) is 12.7. The normalized spacial score (nSPS) is 17.7. The summed E-state index contributed by atoms with van der Waals surface area (Å²) in [4.78, 5) is 9.27. The highest BCUT2D eigenvalue weighted by Gasteiger charge is 2.77. The average molecular weight is 241 g/mol. The molecule has 0 aromatic rings. The van der Waals surface area contributed by atoms with E-state index in [1.54, 1.807) is 0 Å². The quantitative estimate of drug-likeness (QED) is 0.427. The molecular formula is C6H6F7NO. The maximum atomic E-state index is 12.8. The minimum atomic E-state index is -6.34. The van der Waals surface area contributed by atoms with Gasteiger partial charge in [0.1, 0.15) is 0 Å². The Morgan fingerprint density at radius 2 is 1.33 bits per heavy atom. The van der Waals surface area contributed by atoms with Crippen molar-refractivity contribution >= 4 is 6.04 Å². The largest absolute Gasteiger partial charge is 0.440 e. The molecule has 0 bridgehead atoms. The Hall–Kier alpha value is -0.860. The van der Waals surface area contributed by atoms with Crippen LogP contribution >= 0.6 is 0 Å². The molecule has 1 atom stereocenters. The number of nitrogens with zero attached hydrogens (tertiary/aromatic N) is 1. The Labute approximate surface area is 79.6 Å². The molecule has 0 spiro atoms. The average Bonchev–Trinajstić information content (AvgIpc) is 1.99. The molecule has 0 N–H and O–H groups in total. The van der Waals surface area contributed by atoms with Gasteiger partial charge < -0.3 is 0 Å². The van der Waals surface area contributed by atoms with E-state index in [1.807, 2.05) is 0 Å². The molecule has 0 saturated carbocycles. The van der Waals surface area contributed by atoms with Crippen molar-refractivity contribution in [3.8, 4) is 0 Å². The molecule has 90 valence electrons. The highest BCUT2D eigenvalue weighted by atomic mass is 19.4. The summed E-state index contributed by atoms with van der Waals surface area (Å²) in [6, 6.07) is -9.11. The monoisotopic (exact) mass is 241 g/mol. The van der Waals surface area contributed by atoms with Gasteiger partial charge >= 0.3 is 23.9 Å². The minimum absolute atomic E-state index is 0.378. The van der Waals surface area contributed by atoms with Crippen LogP contribution < -0.4 is 0 Å².